The van der Waals surface area contributed by atoms with E-state index in [0.717, 1.165) is 11.3 Å². The number of halogens is 1. The predicted octanol–water partition coefficient (Wildman–Crippen LogP) is 2.64. The van der Waals surface area contributed by atoms with E-state index >= 15 is 0 Å². The number of carbonyl (C=O) groups is 1. The van der Waals surface area contributed by atoms with Crippen LogP contribution in [-0.4, -0.2) is 37.1 Å². The van der Waals surface area contributed by atoms with E-state index in [4.69, 9.17) is 5.73 Å². The smallest absolute Gasteiger partial charge is 0.321 e. The first-order valence-corrected chi connectivity index (χ1v) is 8.02. The number of amides is 2. The van der Waals surface area contributed by atoms with E-state index in [0.29, 0.717) is 38.4 Å². The van der Waals surface area contributed by atoms with Gasteiger partial charge in [-0.2, -0.15) is 0 Å². The molecule has 0 spiro atoms. The van der Waals surface area contributed by atoms with Crippen LogP contribution < -0.4 is 16.0 Å². The summed E-state index contributed by atoms with van der Waals surface area (Å²) in [6.45, 7) is 2.81. The van der Waals surface area contributed by atoms with Crippen molar-refractivity contribution in [1.82, 2.24) is 4.90 Å². The second-order valence-electron chi connectivity index (χ2n) is 5.76. The molecule has 0 radical (unpaired) electrons. The normalized spacial score (nSPS) is 14.6. The Morgan fingerprint density at radius 1 is 1.04 bits per heavy atom. The second-order valence-corrected chi connectivity index (χ2v) is 5.76. The summed E-state index contributed by atoms with van der Waals surface area (Å²) in [5, 5.41) is 2.88. The summed E-state index contributed by atoms with van der Waals surface area (Å²) in [4.78, 5) is 16.0. The predicted molar refractivity (Wildman–Crippen MR) is 93.5 cm³/mol. The molecule has 1 aliphatic heterocycles. The van der Waals surface area contributed by atoms with Crippen molar-refractivity contribution in [3.8, 4) is 0 Å². The Hall–Kier alpha value is -2.60. The number of carbonyl (C=O) groups excluding carboxylic acids is 1. The monoisotopic (exact) mass is 328 g/mol. The SMILES string of the molecule is NCc1ccc(NC(=O)N2CCN(c3ccccc3F)CC2)cc1. The topological polar surface area (TPSA) is 61.6 Å². The maximum atomic E-state index is 13.8. The number of para-hydroxylation sites is 1. The zero-order valence-corrected chi connectivity index (χ0v) is 13.4. The lowest BCUT2D eigenvalue weighted by Crippen LogP contribution is -2.50. The molecule has 0 bridgehead atoms. The molecule has 1 fully saturated rings. The summed E-state index contributed by atoms with van der Waals surface area (Å²) in [6, 6.07) is 14.1. The second kappa shape index (κ2) is 7.31. The summed E-state index contributed by atoms with van der Waals surface area (Å²) in [7, 11) is 0. The van der Waals surface area contributed by atoms with Crippen LogP contribution in [0.5, 0.6) is 0 Å². The molecule has 2 amide bonds. The third-order valence-corrected chi connectivity index (χ3v) is 4.20. The number of hydrogen-bond donors (Lipinski definition) is 2. The first kappa shape index (κ1) is 16.3. The zero-order valence-electron chi connectivity index (χ0n) is 13.4. The van der Waals surface area contributed by atoms with Crippen LogP contribution in [0.4, 0.5) is 20.6 Å². The van der Waals surface area contributed by atoms with Gasteiger partial charge in [0, 0.05) is 38.4 Å². The highest BCUT2D eigenvalue weighted by molar-refractivity contribution is 5.89. The molecule has 126 valence electrons. The van der Waals surface area contributed by atoms with Gasteiger partial charge in [0.25, 0.3) is 0 Å². The van der Waals surface area contributed by atoms with Crippen LogP contribution in [0.2, 0.25) is 0 Å². The van der Waals surface area contributed by atoms with Gasteiger partial charge in [0.1, 0.15) is 5.82 Å². The largest absolute Gasteiger partial charge is 0.366 e. The molecule has 0 unspecified atom stereocenters. The Morgan fingerprint density at radius 2 is 1.71 bits per heavy atom. The molecule has 2 aromatic rings. The van der Waals surface area contributed by atoms with Crippen molar-refractivity contribution in [3.63, 3.8) is 0 Å². The van der Waals surface area contributed by atoms with E-state index < -0.39 is 0 Å². The summed E-state index contributed by atoms with van der Waals surface area (Å²) in [6.07, 6.45) is 0. The van der Waals surface area contributed by atoms with Crippen molar-refractivity contribution >= 4 is 17.4 Å². The molecule has 0 saturated carbocycles. The van der Waals surface area contributed by atoms with Crippen molar-refractivity contribution in [2.45, 2.75) is 6.54 Å². The molecule has 0 atom stereocenters. The Labute approximate surface area is 140 Å². The zero-order chi connectivity index (χ0) is 16.9. The maximum Gasteiger partial charge on any atom is 0.321 e. The van der Waals surface area contributed by atoms with E-state index in [9.17, 15) is 9.18 Å². The molecule has 0 aromatic heterocycles. The van der Waals surface area contributed by atoms with E-state index in [1.807, 2.05) is 35.2 Å². The van der Waals surface area contributed by atoms with Gasteiger partial charge in [-0.15, -0.1) is 0 Å². The first-order chi connectivity index (χ1) is 11.7. The van der Waals surface area contributed by atoms with E-state index in [2.05, 4.69) is 5.32 Å². The number of piperazine rings is 1. The summed E-state index contributed by atoms with van der Waals surface area (Å²) < 4.78 is 13.8. The highest BCUT2D eigenvalue weighted by Crippen LogP contribution is 2.20. The Bertz CT molecular complexity index is 696. The number of anilines is 2. The Kier molecular flexibility index (Phi) is 4.96. The average Bonchev–Trinajstić information content (AvgIpc) is 2.63. The van der Waals surface area contributed by atoms with Gasteiger partial charge in [0.15, 0.2) is 0 Å². The highest BCUT2D eigenvalue weighted by atomic mass is 19.1. The number of nitrogens with two attached hydrogens (primary N) is 1. The molecule has 3 N–H and O–H groups in total. The van der Waals surface area contributed by atoms with Crippen molar-refractivity contribution in [2.24, 2.45) is 5.73 Å². The van der Waals surface area contributed by atoms with Crippen LogP contribution >= 0.6 is 0 Å². The highest BCUT2D eigenvalue weighted by Gasteiger charge is 2.22. The van der Waals surface area contributed by atoms with Gasteiger partial charge < -0.3 is 20.9 Å². The maximum absolute atomic E-state index is 13.8. The van der Waals surface area contributed by atoms with Crippen LogP contribution in [0.25, 0.3) is 0 Å². The van der Waals surface area contributed by atoms with Crippen LogP contribution in [0.1, 0.15) is 5.56 Å². The van der Waals surface area contributed by atoms with Gasteiger partial charge >= 0.3 is 6.03 Å². The fourth-order valence-corrected chi connectivity index (χ4v) is 2.79. The molecule has 5 nitrogen and oxygen atoms in total. The molecule has 1 aliphatic rings. The van der Waals surface area contributed by atoms with Gasteiger partial charge in [-0.3, -0.25) is 0 Å². The van der Waals surface area contributed by atoms with Gasteiger partial charge in [-0.1, -0.05) is 24.3 Å². The number of nitrogens with one attached hydrogen (secondary N) is 1. The summed E-state index contributed by atoms with van der Waals surface area (Å²) >= 11 is 0. The van der Waals surface area contributed by atoms with Crippen molar-refractivity contribution in [1.29, 1.82) is 0 Å². The number of benzene rings is 2. The lowest BCUT2D eigenvalue weighted by molar-refractivity contribution is 0.208. The van der Waals surface area contributed by atoms with Gasteiger partial charge in [0.2, 0.25) is 0 Å². The molecule has 1 saturated heterocycles. The number of urea groups is 1. The molecule has 0 aliphatic carbocycles. The molecular weight excluding hydrogens is 307 g/mol. The lowest BCUT2D eigenvalue weighted by Gasteiger charge is -2.36. The first-order valence-electron chi connectivity index (χ1n) is 8.02. The van der Waals surface area contributed by atoms with E-state index in [1.54, 1.807) is 17.0 Å². The minimum absolute atomic E-state index is 0.135. The molecule has 24 heavy (non-hydrogen) atoms. The van der Waals surface area contributed by atoms with Gasteiger partial charge in [0.05, 0.1) is 5.69 Å². The fraction of sp³-hybridized carbons (Fsp3) is 0.278. The lowest BCUT2D eigenvalue weighted by atomic mass is 10.2. The number of hydrogen-bond acceptors (Lipinski definition) is 3. The van der Waals surface area contributed by atoms with Crippen LogP contribution in [-0.2, 0) is 6.54 Å². The molecule has 2 aromatic carbocycles. The van der Waals surface area contributed by atoms with Gasteiger partial charge in [-0.25, -0.2) is 9.18 Å². The molecule has 6 heteroatoms. The molecule has 1 heterocycles. The van der Waals surface area contributed by atoms with Crippen LogP contribution in [0.15, 0.2) is 48.5 Å². The third kappa shape index (κ3) is 3.65. The third-order valence-electron chi connectivity index (χ3n) is 4.20. The Morgan fingerprint density at radius 3 is 2.33 bits per heavy atom. The average molecular weight is 328 g/mol. The summed E-state index contributed by atoms with van der Waals surface area (Å²) in [5.74, 6) is -0.226. The van der Waals surface area contributed by atoms with E-state index in [-0.39, 0.29) is 11.8 Å². The number of rotatable bonds is 3. The minimum atomic E-state index is -0.226. The van der Waals surface area contributed by atoms with Crippen LogP contribution in [0, 0.1) is 5.82 Å². The van der Waals surface area contributed by atoms with E-state index in [1.165, 1.54) is 6.07 Å². The van der Waals surface area contributed by atoms with Crippen molar-refractivity contribution < 1.29 is 9.18 Å². The molecule has 3 rings (SSSR count). The quantitative estimate of drug-likeness (QED) is 0.910. The standard InChI is InChI=1S/C18H21FN4O/c19-16-3-1-2-4-17(16)22-9-11-23(12-10-22)18(24)21-15-7-5-14(13-20)6-8-15/h1-8H,9-13,20H2,(H,21,24). The van der Waals surface area contributed by atoms with Crippen molar-refractivity contribution in [3.05, 3.63) is 59.9 Å². The molecular formula is C18H21FN4O. The fourth-order valence-electron chi connectivity index (χ4n) is 2.79. The summed E-state index contributed by atoms with van der Waals surface area (Å²) in [5.41, 5.74) is 7.92. The minimum Gasteiger partial charge on any atom is -0.366 e. The number of nitrogens with zero attached hydrogens (tertiary/aromatic N) is 2. The van der Waals surface area contributed by atoms with Crippen molar-refractivity contribution in [2.75, 3.05) is 36.4 Å². The van der Waals surface area contributed by atoms with Crippen LogP contribution in [0.3, 0.4) is 0 Å². The van der Waals surface area contributed by atoms with Gasteiger partial charge in [-0.05, 0) is 29.8 Å². The Balaban J connectivity index is 1.56.